The van der Waals surface area contributed by atoms with E-state index in [2.05, 4.69) is 20.9 Å². The number of nitrogens with zero attached hydrogens (tertiary/aromatic N) is 1. The summed E-state index contributed by atoms with van der Waals surface area (Å²) in [5.41, 5.74) is 1.85. The van der Waals surface area contributed by atoms with Gasteiger partial charge in [0, 0.05) is 17.8 Å². The fourth-order valence-corrected chi connectivity index (χ4v) is 1.67. The van der Waals surface area contributed by atoms with E-state index in [1.54, 1.807) is 7.05 Å². The van der Waals surface area contributed by atoms with Crippen molar-refractivity contribution < 1.29 is 4.79 Å². The van der Waals surface area contributed by atoms with E-state index in [4.69, 9.17) is 0 Å². The molecule has 1 amide bonds. The quantitative estimate of drug-likeness (QED) is 0.694. The molecule has 0 spiro atoms. The molecule has 1 aromatic carbocycles. The van der Waals surface area contributed by atoms with Gasteiger partial charge >= 0.3 is 0 Å². The average Bonchev–Trinajstić information content (AvgIpc) is 2.84. The molecule has 0 saturated carbocycles. The van der Waals surface area contributed by atoms with Crippen molar-refractivity contribution in [3.8, 4) is 0 Å². The van der Waals surface area contributed by atoms with Crippen molar-refractivity contribution in [1.29, 1.82) is 0 Å². The Hall–Kier alpha value is -1.88. The third-order valence-corrected chi connectivity index (χ3v) is 2.45. The van der Waals surface area contributed by atoms with Gasteiger partial charge in [-0.25, -0.2) is 0 Å². The third-order valence-electron chi connectivity index (χ3n) is 2.45. The largest absolute Gasteiger partial charge is 0.368 e. The van der Waals surface area contributed by atoms with E-state index >= 15 is 0 Å². The Morgan fingerprint density at radius 1 is 1.41 bits per heavy atom. The maximum Gasteiger partial charge on any atom is 0.238 e. The number of anilines is 1. The summed E-state index contributed by atoms with van der Waals surface area (Å²) in [5, 5.41) is 8.81. The highest BCUT2D eigenvalue weighted by Crippen LogP contribution is 2.10. The van der Waals surface area contributed by atoms with Crippen LogP contribution in [-0.4, -0.2) is 38.4 Å². The second-order valence-electron chi connectivity index (χ2n) is 3.81. The lowest BCUT2D eigenvalue weighted by Crippen LogP contribution is -2.25. The predicted molar refractivity (Wildman–Crippen MR) is 68.4 cm³/mol. The summed E-state index contributed by atoms with van der Waals surface area (Å²) < 4.78 is 0. The summed E-state index contributed by atoms with van der Waals surface area (Å²) in [6, 6.07) is 7.66. The number of aliphatic imine (C=N–C) groups is 1. The van der Waals surface area contributed by atoms with Crippen LogP contribution in [0.2, 0.25) is 0 Å². The number of benzene rings is 1. The molecule has 1 heterocycles. The lowest BCUT2D eigenvalue weighted by Gasteiger charge is -2.06. The number of carbonyl (C=O) groups is 1. The standard InChI is InChI=1S/C12H16N4O/c1-13-8-11(17)16-10-4-2-9(3-5-10)12-14-6-7-15-12/h2-5,13H,6-8H2,1H3,(H,14,15)(H,16,17). The van der Waals surface area contributed by atoms with Gasteiger partial charge in [0.2, 0.25) is 5.91 Å². The van der Waals surface area contributed by atoms with Gasteiger partial charge in [-0.2, -0.15) is 0 Å². The Balaban J connectivity index is 2.00. The first-order valence-corrected chi connectivity index (χ1v) is 5.63. The average molecular weight is 232 g/mol. The Morgan fingerprint density at radius 2 is 2.18 bits per heavy atom. The normalized spacial score (nSPS) is 14.1. The van der Waals surface area contributed by atoms with Crippen LogP contribution in [-0.2, 0) is 4.79 Å². The highest BCUT2D eigenvalue weighted by Gasteiger charge is 2.07. The first-order valence-electron chi connectivity index (χ1n) is 5.63. The van der Waals surface area contributed by atoms with Crippen LogP contribution in [0.4, 0.5) is 5.69 Å². The summed E-state index contributed by atoms with van der Waals surface area (Å²) >= 11 is 0. The van der Waals surface area contributed by atoms with E-state index in [0.717, 1.165) is 30.2 Å². The van der Waals surface area contributed by atoms with Gasteiger partial charge in [0.15, 0.2) is 0 Å². The second kappa shape index (κ2) is 5.45. The van der Waals surface area contributed by atoms with Gasteiger partial charge < -0.3 is 16.0 Å². The fourth-order valence-electron chi connectivity index (χ4n) is 1.67. The van der Waals surface area contributed by atoms with Crippen LogP contribution in [0.25, 0.3) is 0 Å². The Bertz CT molecular complexity index is 425. The number of amides is 1. The molecule has 0 unspecified atom stereocenters. The molecule has 1 aromatic rings. The van der Waals surface area contributed by atoms with E-state index in [1.165, 1.54) is 0 Å². The number of amidine groups is 1. The molecule has 2 rings (SSSR count). The number of hydrogen-bond donors (Lipinski definition) is 3. The maximum absolute atomic E-state index is 11.3. The van der Waals surface area contributed by atoms with Crippen LogP contribution < -0.4 is 16.0 Å². The van der Waals surface area contributed by atoms with Gasteiger partial charge in [0.1, 0.15) is 5.84 Å². The summed E-state index contributed by atoms with van der Waals surface area (Å²) in [5.74, 6) is 0.884. The van der Waals surface area contributed by atoms with Crippen molar-refractivity contribution in [1.82, 2.24) is 10.6 Å². The van der Waals surface area contributed by atoms with E-state index in [9.17, 15) is 4.79 Å². The Labute approximate surface area is 100 Å². The maximum atomic E-state index is 11.3. The van der Waals surface area contributed by atoms with Crippen molar-refractivity contribution in [2.24, 2.45) is 4.99 Å². The fraction of sp³-hybridized carbons (Fsp3) is 0.333. The highest BCUT2D eigenvalue weighted by atomic mass is 16.1. The molecule has 90 valence electrons. The molecular weight excluding hydrogens is 216 g/mol. The first-order chi connectivity index (χ1) is 8.29. The van der Waals surface area contributed by atoms with E-state index in [1.807, 2.05) is 24.3 Å². The van der Waals surface area contributed by atoms with Gasteiger partial charge in [-0.3, -0.25) is 9.79 Å². The Kier molecular flexibility index (Phi) is 3.72. The van der Waals surface area contributed by atoms with Crippen LogP contribution in [0, 0.1) is 0 Å². The minimum atomic E-state index is -0.0448. The molecule has 5 heteroatoms. The summed E-state index contributed by atoms with van der Waals surface area (Å²) in [4.78, 5) is 15.7. The van der Waals surface area contributed by atoms with Crippen LogP contribution in [0.3, 0.4) is 0 Å². The van der Waals surface area contributed by atoms with Gasteiger partial charge in [-0.1, -0.05) is 0 Å². The molecule has 1 aliphatic rings. The van der Waals surface area contributed by atoms with Crippen LogP contribution in [0.15, 0.2) is 29.3 Å². The summed E-state index contributed by atoms with van der Waals surface area (Å²) in [7, 11) is 1.74. The smallest absolute Gasteiger partial charge is 0.238 e. The molecule has 0 aliphatic carbocycles. The van der Waals surface area contributed by atoms with Gasteiger partial charge in [-0.05, 0) is 31.3 Å². The molecule has 1 aliphatic heterocycles. The molecule has 0 fully saturated rings. The lowest BCUT2D eigenvalue weighted by atomic mass is 10.2. The molecule has 0 bridgehead atoms. The third kappa shape index (κ3) is 3.04. The SMILES string of the molecule is CNCC(=O)Nc1ccc(C2=NCCN2)cc1. The molecule has 17 heavy (non-hydrogen) atoms. The zero-order valence-electron chi connectivity index (χ0n) is 9.79. The van der Waals surface area contributed by atoms with Crippen molar-refractivity contribution in [3.05, 3.63) is 29.8 Å². The minimum Gasteiger partial charge on any atom is -0.368 e. The number of likely N-dealkylation sites (N-methyl/N-ethyl adjacent to an activating group) is 1. The second-order valence-corrected chi connectivity index (χ2v) is 3.81. The van der Waals surface area contributed by atoms with Crippen molar-refractivity contribution >= 4 is 17.4 Å². The summed E-state index contributed by atoms with van der Waals surface area (Å²) in [6.07, 6.45) is 0. The van der Waals surface area contributed by atoms with Crippen molar-refractivity contribution in [2.45, 2.75) is 0 Å². The van der Waals surface area contributed by atoms with Crippen molar-refractivity contribution in [2.75, 3.05) is 32.0 Å². The number of nitrogens with one attached hydrogen (secondary N) is 3. The highest BCUT2D eigenvalue weighted by molar-refractivity contribution is 6.00. The monoisotopic (exact) mass is 232 g/mol. The van der Waals surface area contributed by atoms with Gasteiger partial charge in [-0.15, -0.1) is 0 Å². The van der Waals surface area contributed by atoms with Crippen LogP contribution in [0.5, 0.6) is 0 Å². The molecule has 3 N–H and O–H groups in total. The molecule has 0 atom stereocenters. The minimum absolute atomic E-state index is 0.0448. The first kappa shape index (κ1) is 11.6. The summed E-state index contributed by atoms with van der Waals surface area (Å²) in [6.45, 7) is 2.04. The Morgan fingerprint density at radius 3 is 2.76 bits per heavy atom. The van der Waals surface area contributed by atoms with Crippen LogP contribution in [0.1, 0.15) is 5.56 Å². The molecule has 0 radical (unpaired) electrons. The van der Waals surface area contributed by atoms with Crippen LogP contribution >= 0.6 is 0 Å². The van der Waals surface area contributed by atoms with E-state index in [-0.39, 0.29) is 5.91 Å². The lowest BCUT2D eigenvalue weighted by molar-refractivity contribution is -0.115. The van der Waals surface area contributed by atoms with E-state index in [0.29, 0.717) is 6.54 Å². The van der Waals surface area contributed by atoms with Gasteiger partial charge in [0.05, 0.1) is 13.1 Å². The number of rotatable bonds is 4. The van der Waals surface area contributed by atoms with Crippen molar-refractivity contribution in [3.63, 3.8) is 0 Å². The molecule has 5 nitrogen and oxygen atoms in total. The van der Waals surface area contributed by atoms with Gasteiger partial charge in [0.25, 0.3) is 0 Å². The number of hydrogen-bond acceptors (Lipinski definition) is 4. The predicted octanol–water partition coefficient (Wildman–Crippen LogP) is 0.194. The zero-order valence-corrected chi connectivity index (χ0v) is 9.79. The zero-order chi connectivity index (χ0) is 12.1. The molecular formula is C12H16N4O. The number of carbonyl (C=O) groups excluding carboxylic acids is 1. The molecule has 0 saturated heterocycles. The topological polar surface area (TPSA) is 65.5 Å². The van der Waals surface area contributed by atoms with E-state index < -0.39 is 0 Å². The molecule has 0 aromatic heterocycles.